The zero-order chi connectivity index (χ0) is 12.8. The molecule has 0 amide bonds. The number of hydrogen-bond donors (Lipinski definition) is 1. The van der Waals surface area contributed by atoms with Crippen molar-refractivity contribution < 1.29 is 4.74 Å². The second kappa shape index (κ2) is 6.21. The zero-order valence-corrected chi connectivity index (χ0v) is 10.7. The molecule has 0 saturated carbocycles. The number of aromatic nitrogens is 2. The van der Waals surface area contributed by atoms with E-state index in [1.807, 2.05) is 36.7 Å². The molecule has 0 radical (unpaired) electrons. The van der Waals surface area contributed by atoms with Crippen LogP contribution in [0.4, 0.5) is 0 Å². The molecule has 4 heteroatoms. The van der Waals surface area contributed by atoms with E-state index in [0.717, 1.165) is 43.1 Å². The summed E-state index contributed by atoms with van der Waals surface area (Å²) in [5.74, 6) is 1.83. The topological polar surface area (TPSA) is 53.1 Å². The lowest BCUT2D eigenvalue weighted by Crippen LogP contribution is -2.04. The Morgan fingerprint density at radius 3 is 3.00 bits per heavy atom. The van der Waals surface area contributed by atoms with E-state index in [0.29, 0.717) is 0 Å². The summed E-state index contributed by atoms with van der Waals surface area (Å²) in [5, 5.41) is 0. The average Bonchev–Trinajstić information content (AvgIpc) is 2.87. The summed E-state index contributed by atoms with van der Waals surface area (Å²) < 4.78 is 7.39. The molecular formula is C14H19N3O. The molecule has 0 aliphatic heterocycles. The van der Waals surface area contributed by atoms with E-state index in [1.54, 1.807) is 7.11 Å². The van der Waals surface area contributed by atoms with E-state index in [9.17, 15) is 0 Å². The van der Waals surface area contributed by atoms with Crippen molar-refractivity contribution >= 4 is 0 Å². The molecule has 96 valence electrons. The molecule has 2 N–H and O–H groups in total. The van der Waals surface area contributed by atoms with Gasteiger partial charge in [-0.25, -0.2) is 4.98 Å². The number of rotatable bonds is 6. The molecule has 1 heterocycles. The van der Waals surface area contributed by atoms with E-state index in [4.69, 9.17) is 10.5 Å². The highest BCUT2D eigenvalue weighted by atomic mass is 16.5. The van der Waals surface area contributed by atoms with E-state index in [-0.39, 0.29) is 0 Å². The molecule has 4 nitrogen and oxygen atoms in total. The molecule has 0 unspecified atom stereocenters. The van der Waals surface area contributed by atoms with Gasteiger partial charge in [-0.2, -0.15) is 0 Å². The molecule has 0 bridgehead atoms. The minimum atomic E-state index is 0.739. The molecule has 0 aliphatic carbocycles. The molecule has 0 aliphatic rings. The second-order valence-corrected chi connectivity index (χ2v) is 4.17. The van der Waals surface area contributed by atoms with Gasteiger partial charge in [0.15, 0.2) is 0 Å². The van der Waals surface area contributed by atoms with Gasteiger partial charge < -0.3 is 15.0 Å². The molecular weight excluding hydrogens is 226 g/mol. The number of imidazole rings is 1. The lowest BCUT2D eigenvalue weighted by Gasteiger charge is -2.08. The smallest absolute Gasteiger partial charge is 0.140 e. The van der Waals surface area contributed by atoms with Crippen LogP contribution < -0.4 is 10.5 Å². The van der Waals surface area contributed by atoms with E-state index in [2.05, 4.69) is 9.55 Å². The van der Waals surface area contributed by atoms with Crippen LogP contribution in [0.15, 0.2) is 36.7 Å². The Hall–Kier alpha value is -1.81. The quantitative estimate of drug-likeness (QED) is 0.794. The highest BCUT2D eigenvalue weighted by molar-refractivity contribution is 5.58. The Morgan fingerprint density at radius 2 is 2.22 bits per heavy atom. The van der Waals surface area contributed by atoms with Crippen molar-refractivity contribution in [3.05, 3.63) is 36.7 Å². The average molecular weight is 245 g/mol. The maximum absolute atomic E-state index is 5.51. The van der Waals surface area contributed by atoms with Crippen molar-refractivity contribution in [2.24, 2.45) is 5.73 Å². The molecule has 1 aromatic carbocycles. The molecule has 0 spiro atoms. The number of ether oxygens (including phenoxy) is 1. The second-order valence-electron chi connectivity index (χ2n) is 4.17. The van der Waals surface area contributed by atoms with E-state index < -0.39 is 0 Å². The molecule has 1 aromatic heterocycles. The summed E-state index contributed by atoms with van der Waals surface area (Å²) in [7, 11) is 1.67. The first-order valence-electron chi connectivity index (χ1n) is 6.21. The highest BCUT2D eigenvalue weighted by Crippen LogP contribution is 2.22. The van der Waals surface area contributed by atoms with Crippen molar-refractivity contribution in [3.63, 3.8) is 0 Å². The van der Waals surface area contributed by atoms with Crippen molar-refractivity contribution in [2.75, 3.05) is 13.7 Å². The van der Waals surface area contributed by atoms with Crippen LogP contribution in [-0.4, -0.2) is 23.2 Å². The summed E-state index contributed by atoms with van der Waals surface area (Å²) in [6.45, 7) is 1.69. The number of aryl methyl sites for hydroxylation is 1. The van der Waals surface area contributed by atoms with Gasteiger partial charge >= 0.3 is 0 Å². The highest BCUT2D eigenvalue weighted by Gasteiger charge is 2.06. The van der Waals surface area contributed by atoms with Crippen LogP contribution in [0, 0.1) is 0 Å². The molecule has 0 saturated heterocycles. The van der Waals surface area contributed by atoms with Gasteiger partial charge in [0, 0.05) is 24.5 Å². The monoisotopic (exact) mass is 245 g/mol. The Kier molecular flexibility index (Phi) is 4.36. The fourth-order valence-electron chi connectivity index (χ4n) is 1.94. The summed E-state index contributed by atoms with van der Waals surface area (Å²) in [6, 6.07) is 7.96. The zero-order valence-electron chi connectivity index (χ0n) is 10.7. The minimum Gasteiger partial charge on any atom is -0.497 e. The molecule has 0 fully saturated rings. The van der Waals surface area contributed by atoms with Gasteiger partial charge in [-0.15, -0.1) is 0 Å². The lowest BCUT2D eigenvalue weighted by atomic mass is 10.2. The predicted molar refractivity (Wildman–Crippen MR) is 72.5 cm³/mol. The van der Waals surface area contributed by atoms with Crippen molar-refractivity contribution in [2.45, 2.75) is 19.4 Å². The number of unbranched alkanes of at least 4 members (excludes halogenated alkanes) is 1. The maximum Gasteiger partial charge on any atom is 0.140 e. The van der Waals surface area contributed by atoms with Gasteiger partial charge in [0.05, 0.1) is 7.11 Å². The molecule has 18 heavy (non-hydrogen) atoms. The fourth-order valence-corrected chi connectivity index (χ4v) is 1.94. The number of nitrogens with two attached hydrogens (primary N) is 1. The number of benzene rings is 1. The van der Waals surface area contributed by atoms with Gasteiger partial charge in [0.2, 0.25) is 0 Å². The fraction of sp³-hybridized carbons (Fsp3) is 0.357. The number of methoxy groups -OCH3 is 1. The largest absolute Gasteiger partial charge is 0.497 e. The molecule has 2 aromatic rings. The summed E-state index contributed by atoms with van der Waals surface area (Å²) in [6.07, 6.45) is 5.95. The third-order valence-corrected chi connectivity index (χ3v) is 2.90. The summed E-state index contributed by atoms with van der Waals surface area (Å²) in [5.41, 5.74) is 6.59. The minimum absolute atomic E-state index is 0.739. The first-order valence-corrected chi connectivity index (χ1v) is 6.21. The first-order chi connectivity index (χ1) is 8.85. The normalized spacial score (nSPS) is 10.6. The maximum atomic E-state index is 5.51. The van der Waals surface area contributed by atoms with Crippen molar-refractivity contribution in [1.82, 2.24) is 9.55 Å². The molecule has 0 atom stereocenters. The van der Waals surface area contributed by atoms with E-state index in [1.165, 1.54) is 0 Å². The van der Waals surface area contributed by atoms with Crippen LogP contribution in [0.5, 0.6) is 5.75 Å². The standard InChI is InChI=1S/C14H19N3O/c1-18-13-6-4-5-12(11-13)14-16-8-10-17(14)9-3-2-7-15/h4-6,8,10-11H,2-3,7,9,15H2,1H3. The lowest BCUT2D eigenvalue weighted by molar-refractivity contribution is 0.415. The van der Waals surface area contributed by atoms with Gasteiger partial charge in [-0.05, 0) is 31.5 Å². The van der Waals surface area contributed by atoms with Crippen LogP contribution in [0.1, 0.15) is 12.8 Å². The van der Waals surface area contributed by atoms with Crippen LogP contribution >= 0.6 is 0 Å². The van der Waals surface area contributed by atoms with Crippen molar-refractivity contribution in [3.8, 4) is 17.1 Å². The van der Waals surface area contributed by atoms with Crippen LogP contribution in [-0.2, 0) is 6.54 Å². The Labute approximate surface area is 107 Å². The van der Waals surface area contributed by atoms with Gasteiger partial charge in [-0.1, -0.05) is 12.1 Å². The Balaban J connectivity index is 2.19. The van der Waals surface area contributed by atoms with Gasteiger partial charge in [-0.3, -0.25) is 0 Å². The SMILES string of the molecule is COc1cccc(-c2nccn2CCCCN)c1. The predicted octanol–water partition coefficient (Wildman–Crippen LogP) is 2.30. The Bertz CT molecular complexity index is 493. The number of nitrogens with zero attached hydrogens (tertiary/aromatic N) is 2. The van der Waals surface area contributed by atoms with E-state index >= 15 is 0 Å². The van der Waals surface area contributed by atoms with Crippen LogP contribution in [0.2, 0.25) is 0 Å². The summed E-state index contributed by atoms with van der Waals surface area (Å²) in [4.78, 5) is 4.42. The molecule has 2 rings (SSSR count). The van der Waals surface area contributed by atoms with Gasteiger partial charge in [0.1, 0.15) is 11.6 Å². The van der Waals surface area contributed by atoms with Gasteiger partial charge in [0.25, 0.3) is 0 Å². The van der Waals surface area contributed by atoms with Crippen LogP contribution in [0.25, 0.3) is 11.4 Å². The first kappa shape index (κ1) is 12.6. The Morgan fingerprint density at radius 1 is 1.33 bits per heavy atom. The number of hydrogen-bond acceptors (Lipinski definition) is 3. The third-order valence-electron chi connectivity index (χ3n) is 2.90. The van der Waals surface area contributed by atoms with Crippen LogP contribution in [0.3, 0.4) is 0 Å². The third kappa shape index (κ3) is 2.90. The summed E-state index contributed by atoms with van der Waals surface area (Å²) >= 11 is 0. The van der Waals surface area contributed by atoms with Crippen molar-refractivity contribution in [1.29, 1.82) is 0 Å².